The number of hydrogen-bond acceptors (Lipinski definition) is 6. The molecule has 1 aliphatic carbocycles. The fourth-order valence-corrected chi connectivity index (χ4v) is 6.52. The van der Waals surface area contributed by atoms with Gasteiger partial charge in [0, 0.05) is 31.6 Å². The number of allylic oxidation sites excluding steroid dienone is 1. The molecule has 4 atom stereocenters. The number of rotatable bonds is 3. The first-order chi connectivity index (χ1) is 14.0. The van der Waals surface area contributed by atoms with Crippen LogP contribution in [0.3, 0.4) is 0 Å². The molecule has 0 N–H and O–H groups in total. The minimum atomic E-state index is -1.01. The monoisotopic (exact) mass is 394 g/mol. The molecular weight excluding hydrogens is 368 g/mol. The van der Waals surface area contributed by atoms with Crippen molar-refractivity contribution in [3.05, 3.63) is 41.5 Å². The molecule has 1 aromatic rings. The number of fused-ring (bicyclic) bond motifs is 2. The standard InChI is InChI=1S/C23H26N2O4/c1-4-15-12-25-10-9-22-16-7-5-6-8-18(16)24-20(22)19(25)11-17(15)23(22,21(27)28-3)13-29-14(2)26/h4-8,17,19H,9-13H2,1-3H3/b15-4-/t17-,19+,22-,23-/m1/s1. The molecule has 5 rings (SSSR count). The van der Waals surface area contributed by atoms with Gasteiger partial charge in [-0.25, -0.2) is 0 Å². The number of carbonyl (C=O) groups is 2. The van der Waals surface area contributed by atoms with Crippen LogP contribution in [0.15, 0.2) is 40.9 Å². The number of para-hydroxylation sites is 1. The van der Waals surface area contributed by atoms with Gasteiger partial charge in [-0.2, -0.15) is 0 Å². The highest BCUT2D eigenvalue weighted by atomic mass is 16.5. The molecule has 4 aliphatic rings. The van der Waals surface area contributed by atoms with E-state index in [1.54, 1.807) is 0 Å². The lowest BCUT2D eigenvalue weighted by Crippen LogP contribution is -2.75. The van der Waals surface area contributed by atoms with Crippen LogP contribution < -0.4 is 0 Å². The highest BCUT2D eigenvalue weighted by molar-refractivity contribution is 6.11. The molecule has 1 aromatic carbocycles. The van der Waals surface area contributed by atoms with E-state index in [9.17, 15) is 9.59 Å². The third kappa shape index (κ3) is 2.13. The van der Waals surface area contributed by atoms with E-state index < -0.39 is 10.8 Å². The first-order valence-electron chi connectivity index (χ1n) is 10.3. The Kier molecular flexibility index (Phi) is 4.01. The predicted molar refractivity (Wildman–Crippen MR) is 108 cm³/mol. The Morgan fingerprint density at radius 2 is 2.14 bits per heavy atom. The van der Waals surface area contributed by atoms with Crippen LogP contribution in [0.25, 0.3) is 0 Å². The van der Waals surface area contributed by atoms with Gasteiger partial charge in [-0.1, -0.05) is 29.8 Å². The number of carbonyl (C=O) groups excluding carboxylic acids is 2. The topological polar surface area (TPSA) is 68.2 Å². The van der Waals surface area contributed by atoms with E-state index in [2.05, 4.69) is 17.0 Å². The van der Waals surface area contributed by atoms with E-state index in [1.807, 2.05) is 25.1 Å². The molecule has 6 heteroatoms. The van der Waals surface area contributed by atoms with Crippen molar-refractivity contribution in [2.24, 2.45) is 16.3 Å². The van der Waals surface area contributed by atoms with Crippen LogP contribution in [0.4, 0.5) is 5.69 Å². The quantitative estimate of drug-likeness (QED) is 0.583. The fourth-order valence-electron chi connectivity index (χ4n) is 6.52. The van der Waals surface area contributed by atoms with Crippen molar-refractivity contribution < 1.29 is 19.1 Å². The molecule has 1 saturated carbocycles. The van der Waals surface area contributed by atoms with Gasteiger partial charge in [-0.05, 0) is 31.4 Å². The fraction of sp³-hybridized carbons (Fsp3) is 0.522. The molecule has 0 amide bonds. The van der Waals surface area contributed by atoms with Crippen molar-refractivity contribution in [3.63, 3.8) is 0 Å². The summed E-state index contributed by atoms with van der Waals surface area (Å²) in [7, 11) is 1.44. The van der Waals surface area contributed by atoms with Crippen LogP contribution in [0.1, 0.15) is 32.3 Å². The van der Waals surface area contributed by atoms with E-state index in [0.29, 0.717) is 0 Å². The van der Waals surface area contributed by atoms with Gasteiger partial charge >= 0.3 is 11.9 Å². The van der Waals surface area contributed by atoms with Crippen LogP contribution in [0, 0.1) is 11.3 Å². The first-order valence-corrected chi connectivity index (χ1v) is 10.3. The average molecular weight is 394 g/mol. The van der Waals surface area contributed by atoms with Gasteiger partial charge in [-0.3, -0.25) is 19.5 Å². The Bertz CT molecular complexity index is 967. The van der Waals surface area contributed by atoms with Crippen LogP contribution in [-0.4, -0.2) is 55.4 Å². The van der Waals surface area contributed by atoms with Crippen molar-refractivity contribution >= 4 is 23.3 Å². The Morgan fingerprint density at radius 3 is 2.86 bits per heavy atom. The highest BCUT2D eigenvalue weighted by Crippen LogP contribution is 2.66. The molecule has 0 unspecified atom stereocenters. The SMILES string of the molecule is C/C=C1/CN2CC[C@]34C(=Nc5ccccc53)[C@@H]2C[C@H]1[C@]4(COC(C)=O)C(=O)OC. The van der Waals surface area contributed by atoms with Gasteiger partial charge < -0.3 is 9.47 Å². The molecule has 3 heterocycles. The Labute approximate surface area is 170 Å². The number of benzene rings is 1. The van der Waals surface area contributed by atoms with E-state index >= 15 is 0 Å². The normalized spacial score (nSPS) is 35.7. The van der Waals surface area contributed by atoms with Crippen LogP contribution in [0.5, 0.6) is 0 Å². The summed E-state index contributed by atoms with van der Waals surface area (Å²) >= 11 is 0. The summed E-state index contributed by atoms with van der Waals surface area (Å²) in [5, 5.41) is 0. The van der Waals surface area contributed by atoms with Gasteiger partial charge in [0.1, 0.15) is 12.0 Å². The molecular formula is C23H26N2O4. The summed E-state index contributed by atoms with van der Waals surface area (Å²) in [6, 6.07) is 8.31. The van der Waals surface area contributed by atoms with E-state index in [1.165, 1.54) is 19.6 Å². The number of nitrogens with zero attached hydrogens (tertiary/aromatic N) is 2. The zero-order valence-electron chi connectivity index (χ0n) is 17.1. The van der Waals surface area contributed by atoms with Crippen molar-refractivity contribution in [3.8, 4) is 0 Å². The summed E-state index contributed by atoms with van der Waals surface area (Å²) in [4.78, 5) is 33.1. The summed E-state index contributed by atoms with van der Waals surface area (Å²) in [5.74, 6) is -0.737. The van der Waals surface area contributed by atoms with Crippen molar-refractivity contribution in [2.75, 3.05) is 26.8 Å². The van der Waals surface area contributed by atoms with Gasteiger partial charge in [0.2, 0.25) is 0 Å². The second kappa shape index (κ2) is 6.26. The first kappa shape index (κ1) is 18.6. The number of ether oxygens (including phenoxy) is 2. The molecule has 3 fully saturated rings. The number of aliphatic imine (C=N–C) groups is 1. The number of piperidine rings is 2. The van der Waals surface area contributed by atoms with E-state index in [0.717, 1.165) is 42.9 Å². The molecule has 2 saturated heterocycles. The number of hydrogen-bond donors (Lipinski definition) is 0. The zero-order chi connectivity index (χ0) is 20.4. The summed E-state index contributed by atoms with van der Waals surface area (Å²) < 4.78 is 11.1. The van der Waals surface area contributed by atoms with Gasteiger partial charge in [0.15, 0.2) is 0 Å². The molecule has 0 spiro atoms. The van der Waals surface area contributed by atoms with Gasteiger partial charge in [-0.15, -0.1) is 0 Å². The Hall–Kier alpha value is -2.47. The lowest BCUT2D eigenvalue weighted by atomic mass is 9.43. The minimum absolute atomic E-state index is 0.0110. The smallest absolute Gasteiger partial charge is 0.317 e. The average Bonchev–Trinajstić information content (AvgIpc) is 3.09. The second-order valence-electron chi connectivity index (χ2n) is 8.55. The minimum Gasteiger partial charge on any atom is -0.468 e. The maximum absolute atomic E-state index is 13.7. The summed E-state index contributed by atoms with van der Waals surface area (Å²) in [5.41, 5.74) is 2.65. The molecule has 152 valence electrons. The van der Waals surface area contributed by atoms with Crippen molar-refractivity contribution in [2.45, 2.75) is 38.1 Å². The van der Waals surface area contributed by atoms with Gasteiger partial charge in [0.25, 0.3) is 0 Å². The lowest BCUT2D eigenvalue weighted by molar-refractivity contribution is -0.176. The third-order valence-electron chi connectivity index (χ3n) is 7.64. The maximum atomic E-state index is 13.7. The Balaban J connectivity index is 1.83. The number of methoxy groups -OCH3 is 1. The molecule has 3 bridgehead atoms. The highest BCUT2D eigenvalue weighted by Gasteiger charge is 2.74. The summed E-state index contributed by atoms with van der Waals surface area (Å²) in [6.45, 7) is 5.13. The van der Waals surface area contributed by atoms with Crippen LogP contribution >= 0.6 is 0 Å². The predicted octanol–water partition coefficient (Wildman–Crippen LogP) is 2.79. The summed E-state index contributed by atoms with van der Waals surface area (Å²) in [6.07, 6.45) is 3.69. The van der Waals surface area contributed by atoms with Crippen LogP contribution in [-0.2, 0) is 24.5 Å². The molecule has 6 nitrogen and oxygen atoms in total. The molecule has 29 heavy (non-hydrogen) atoms. The van der Waals surface area contributed by atoms with E-state index in [4.69, 9.17) is 14.5 Å². The maximum Gasteiger partial charge on any atom is 0.317 e. The van der Waals surface area contributed by atoms with E-state index in [-0.39, 0.29) is 30.5 Å². The largest absolute Gasteiger partial charge is 0.468 e. The number of esters is 2. The van der Waals surface area contributed by atoms with Crippen LogP contribution in [0.2, 0.25) is 0 Å². The lowest BCUT2D eigenvalue weighted by Gasteiger charge is -2.64. The Morgan fingerprint density at radius 1 is 1.34 bits per heavy atom. The zero-order valence-corrected chi connectivity index (χ0v) is 17.1. The molecule has 0 aromatic heterocycles. The molecule has 3 aliphatic heterocycles. The third-order valence-corrected chi connectivity index (χ3v) is 7.64. The second-order valence-corrected chi connectivity index (χ2v) is 8.55. The van der Waals surface area contributed by atoms with Crippen molar-refractivity contribution in [1.82, 2.24) is 4.90 Å². The molecule has 0 radical (unpaired) electrons. The van der Waals surface area contributed by atoms with Crippen molar-refractivity contribution in [1.29, 1.82) is 0 Å². The van der Waals surface area contributed by atoms with Gasteiger partial charge in [0.05, 0.1) is 24.3 Å².